The molecule has 0 aliphatic carbocycles. The molecule has 0 amide bonds. The summed E-state index contributed by atoms with van der Waals surface area (Å²) in [5.74, 6) is -0.105. The molecule has 8 heavy (non-hydrogen) atoms. The molecule has 0 rings (SSSR count). The topological polar surface area (TPSA) is 26.3 Å². The Morgan fingerprint density at radius 2 is 2.50 bits per heavy atom. The van der Waals surface area contributed by atoms with E-state index in [2.05, 4.69) is 4.74 Å². The summed E-state index contributed by atoms with van der Waals surface area (Å²) in [5, 5.41) is 0. The van der Waals surface area contributed by atoms with Crippen molar-refractivity contribution in [1.82, 2.24) is 0 Å². The molecule has 0 heterocycles. The van der Waals surface area contributed by atoms with Crippen molar-refractivity contribution in [2.45, 2.75) is 12.5 Å². The van der Waals surface area contributed by atoms with E-state index < -0.39 is 0 Å². The average Bonchev–Trinajstić information content (AvgIpc) is 1.83. The minimum atomic E-state index is -0.105. The smallest absolute Gasteiger partial charge is 0.297 e. The van der Waals surface area contributed by atoms with Crippen molar-refractivity contribution in [3.8, 4) is 0 Å². The quantitative estimate of drug-likeness (QED) is 0.346. The fourth-order valence-corrected chi connectivity index (χ4v) is 0.423. The van der Waals surface area contributed by atoms with Crippen molar-refractivity contribution >= 4 is 21.1 Å². The van der Waals surface area contributed by atoms with Gasteiger partial charge in [-0.2, -0.15) is 0 Å². The first-order valence-electron chi connectivity index (χ1n) is 2.88. The summed E-state index contributed by atoms with van der Waals surface area (Å²) in [7, 11) is 4.40. The molecular weight excluding hydrogens is 102 g/mol. The van der Waals surface area contributed by atoms with E-state index >= 15 is 0 Å². The van der Waals surface area contributed by atoms with E-state index in [-0.39, 0.29) is 5.97 Å². The number of carbonyl (C=O) groups excluding carboxylic acids is 1. The average molecular weight is 112 g/mol. The summed E-state index contributed by atoms with van der Waals surface area (Å²) >= 11 is 0. The molecule has 0 aromatic rings. The fraction of sp³-hybridized carbons (Fsp3) is 0.750. The van der Waals surface area contributed by atoms with E-state index in [1.54, 1.807) is 0 Å². The summed E-state index contributed by atoms with van der Waals surface area (Å²) in [6.07, 6.45) is 1.61. The molecule has 0 saturated heterocycles. The SMILES string of the molecule is BCBCC(=O)OC. The Bertz CT molecular complexity index is 74.4. The summed E-state index contributed by atoms with van der Waals surface area (Å²) in [6.45, 7) is 0. The lowest BCUT2D eigenvalue weighted by Crippen LogP contribution is -2.03. The maximum atomic E-state index is 10.3. The zero-order valence-corrected chi connectivity index (χ0v) is 5.44. The van der Waals surface area contributed by atoms with Crippen LogP contribution in [0.3, 0.4) is 0 Å². The van der Waals surface area contributed by atoms with Crippen LogP contribution < -0.4 is 0 Å². The molecule has 0 aromatic carbocycles. The van der Waals surface area contributed by atoms with Gasteiger partial charge in [0.25, 0.3) is 5.97 Å². The number of rotatable bonds is 3. The van der Waals surface area contributed by atoms with Crippen molar-refractivity contribution in [3.63, 3.8) is 0 Å². The molecule has 0 aliphatic rings. The molecule has 4 heteroatoms. The number of carbonyl (C=O) groups is 1. The Morgan fingerprint density at radius 1 is 1.88 bits per heavy atom. The number of methoxy groups -OCH3 is 1. The Balaban J connectivity index is 2.99. The van der Waals surface area contributed by atoms with E-state index in [0.717, 1.165) is 13.5 Å². The van der Waals surface area contributed by atoms with Crippen LogP contribution in [0.25, 0.3) is 0 Å². The third-order valence-corrected chi connectivity index (χ3v) is 0.962. The zero-order chi connectivity index (χ0) is 6.41. The first kappa shape index (κ1) is 7.60. The molecule has 0 N–H and O–H groups in total. The molecule has 0 saturated carbocycles. The second-order valence-electron chi connectivity index (χ2n) is 1.68. The van der Waals surface area contributed by atoms with E-state index in [4.69, 9.17) is 0 Å². The standard InChI is InChI=1S/C4H10B2O2/c1-8-4(7)2-6-3-5/h6H,2-3,5H2,1H3. The molecule has 0 aliphatic heterocycles. The molecular formula is C4H10B2O2. The van der Waals surface area contributed by atoms with Gasteiger partial charge < -0.3 is 4.74 Å². The van der Waals surface area contributed by atoms with Gasteiger partial charge in [-0.05, 0) is 0 Å². The lowest BCUT2D eigenvalue weighted by atomic mass is 9.63. The van der Waals surface area contributed by atoms with Gasteiger partial charge in [0.2, 0.25) is 0 Å². The molecule has 0 atom stereocenters. The van der Waals surface area contributed by atoms with Crippen LogP contribution in [0.15, 0.2) is 0 Å². The van der Waals surface area contributed by atoms with Crippen LogP contribution in [0.1, 0.15) is 0 Å². The second-order valence-corrected chi connectivity index (χ2v) is 1.68. The number of hydrogen-bond donors (Lipinski definition) is 0. The van der Waals surface area contributed by atoms with Gasteiger partial charge in [-0.1, -0.05) is 0 Å². The maximum absolute atomic E-state index is 10.3. The molecule has 2 nitrogen and oxygen atoms in total. The molecule has 0 aromatic heterocycles. The monoisotopic (exact) mass is 112 g/mol. The first-order chi connectivity index (χ1) is 3.81. The highest BCUT2D eigenvalue weighted by Gasteiger charge is 1.96. The van der Waals surface area contributed by atoms with Gasteiger partial charge in [-0.15, -0.1) is 6.22 Å². The molecule has 0 unspecified atom stereocenters. The summed E-state index contributed by atoms with van der Waals surface area (Å²) < 4.78 is 4.41. The van der Waals surface area contributed by atoms with Crippen LogP contribution in [0.4, 0.5) is 0 Å². The first-order valence-corrected chi connectivity index (χ1v) is 2.88. The third-order valence-electron chi connectivity index (χ3n) is 0.962. The van der Waals surface area contributed by atoms with Crippen molar-refractivity contribution < 1.29 is 9.53 Å². The largest absolute Gasteiger partial charge is 0.470 e. The predicted octanol–water partition coefficient (Wildman–Crippen LogP) is -0.977. The minimum Gasteiger partial charge on any atom is -0.470 e. The molecule has 44 valence electrons. The van der Waals surface area contributed by atoms with E-state index in [9.17, 15) is 4.79 Å². The van der Waals surface area contributed by atoms with Crippen molar-refractivity contribution in [3.05, 3.63) is 0 Å². The van der Waals surface area contributed by atoms with Gasteiger partial charge in [-0.3, -0.25) is 4.79 Å². The summed E-state index contributed by atoms with van der Waals surface area (Å²) in [4.78, 5) is 10.3. The predicted molar refractivity (Wildman–Crippen MR) is 37.3 cm³/mol. The van der Waals surface area contributed by atoms with Gasteiger partial charge in [0.05, 0.1) is 15.0 Å². The minimum absolute atomic E-state index is 0.105. The molecule has 0 spiro atoms. The Morgan fingerprint density at radius 3 is 2.88 bits per heavy atom. The highest BCUT2D eigenvalue weighted by Crippen LogP contribution is 1.83. The zero-order valence-electron chi connectivity index (χ0n) is 5.44. The Labute approximate surface area is 51.2 Å². The molecule has 0 bridgehead atoms. The van der Waals surface area contributed by atoms with Crippen molar-refractivity contribution in [2.24, 2.45) is 0 Å². The second kappa shape index (κ2) is 4.75. The Hall–Kier alpha value is -0.400. The van der Waals surface area contributed by atoms with Gasteiger partial charge in [0.15, 0.2) is 0 Å². The maximum Gasteiger partial charge on any atom is 0.297 e. The van der Waals surface area contributed by atoms with E-state index in [1.165, 1.54) is 7.11 Å². The van der Waals surface area contributed by atoms with Gasteiger partial charge >= 0.3 is 0 Å². The normalized spacial score (nSPS) is 8.12. The lowest BCUT2D eigenvalue weighted by molar-refractivity contribution is -0.137. The highest BCUT2D eigenvalue weighted by molar-refractivity contribution is 6.50. The highest BCUT2D eigenvalue weighted by atomic mass is 16.5. The van der Waals surface area contributed by atoms with Crippen LogP contribution in [0, 0.1) is 0 Å². The number of esters is 1. The van der Waals surface area contributed by atoms with Crippen molar-refractivity contribution in [2.75, 3.05) is 7.11 Å². The summed E-state index contributed by atoms with van der Waals surface area (Å²) in [5.41, 5.74) is 0. The number of ether oxygens (including phenoxy) is 1. The lowest BCUT2D eigenvalue weighted by Gasteiger charge is -1.92. The van der Waals surface area contributed by atoms with Gasteiger partial charge in [0.1, 0.15) is 7.28 Å². The Kier molecular flexibility index (Phi) is 4.51. The van der Waals surface area contributed by atoms with Crippen LogP contribution in [0.5, 0.6) is 0 Å². The van der Waals surface area contributed by atoms with Gasteiger partial charge in [-0.25, -0.2) is 0 Å². The van der Waals surface area contributed by atoms with E-state index in [1.807, 2.05) is 7.85 Å². The van der Waals surface area contributed by atoms with Crippen LogP contribution >= 0.6 is 0 Å². The molecule has 0 radical (unpaired) electrons. The molecule has 0 fully saturated rings. The fourth-order valence-electron chi connectivity index (χ4n) is 0.423. The van der Waals surface area contributed by atoms with Crippen LogP contribution in [-0.4, -0.2) is 28.2 Å². The van der Waals surface area contributed by atoms with Crippen LogP contribution in [-0.2, 0) is 9.53 Å². The summed E-state index contributed by atoms with van der Waals surface area (Å²) in [6, 6.07) is 0. The third kappa shape index (κ3) is 3.78. The van der Waals surface area contributed by atoms with E-state index in [0.29, 0.717) is 6.32 Å². The van der Waals surface area contributed by atoms with Crippen LogP contribution in [0.2, 0.25) is 12.5 Å². The van der Waals surface area contributed by atoms with Crippen molar-refractivity contribution in [1.29, 1.82) is 0 Å². The number of hydrogen-bond acceptors (Lipinski definition) is 2. The van der Waals surface area contributed by atoms with Gasteiger partial charge in [0, 0.05) is 6.32 Å².